The third kappa shape index (κ3) is 4.10. The Bertz CT molecular complexity index is 1210. The SMILES string of the molecule is N#CC(Cc1ccc(F)c(F)c1)c1cc(-c2ccc(Cl)cc2)nn1-c1ccccc1. The van der Waals surface area contributed by atoms with E-state index < -0.39 is 17.6 Å². The zero-order valence-electron chi connectivity index (χ0n) is 15.8. The summed E-state index contributed by atoms with van der Waals surface area (Å²) in [6, 6.07) is 24.6. The van der Waals surface area contributed by atoms with Crippen LogP contribution in [0.4, 0.5) is 8.78 Å². The van der Waals surface area contributed by atoms with E-state index in [9.17, 15) is 14.0 Å². The summed E-state index contributed by atoms with van der Waals surface area (Å²) in [6.45, 7) is 0. The third-order valence-corrected chi connectivity index (χ3v) is 5.07. The van der Waals surface area contributed by atoms with Gasteiger partial charge in [-0.3, -0.25) is 0 Å². The molecule has 3 nitrogen and oxygen atoms in total. The van der Waals surface area contributed by atoms with Crippen LogP contribution in [-0.2, 0) is 6.42 Å². The summed E-state index contributed by atoms with van der Waals surface area (Å²) < 4.78 is 28.7. The highest BCUT2D eigenvalue weighted by atomic mass is 35.5. The van der Waals surface area contributed by atoms with E-state index in [0.717, 1.165) is 23.4 Å². The van der Waals surface area contributed by atoms with Gasteiger partial charge in [0.2, 0.25) is 0 Å². The highest BCUT2D eigenvalue weighted by molar-refractivity contribution is 6.30. The summed E-state index contributed by atoms with van der Waals surface area (Å²) in [7, 11) is 0. The number of nitriles is 1. The van der Waals surface area contributed by atoms with Crippen molar-refractivity contribution in [1.82, 2.24) is 9.78 Å². The van der Waals surface area contributed by atoms with E-state index in [-0.39, 0.29) is 6.42 Å². The van der Waals surface area contributed by atoms with Crippen molar-refractivity contribution >= 4 is 11.6 Å². The van der Waals surface area contributed by atoms with Gasteiger partial charge in [0.15, 0.2) is 11.6 Å². The summed E-state index contributed by atoms with van der Waals surface area (Å²) >= 11 is 5.99. The van der Waals surface area contributed by atoms with Gasteiger partial charge in [-0.05, 0) is 54.4 Å². The van der Waals surface area contributed by atoms with E-state index in [2.05, 4.69) is 6.07 Å². The van der Waals surface area contributed by atoms with Gasteiger partial charge >= 0.3 is 0 Å². The molecule has 0 N–H and O–H groups in total. The maximum Gasteiger partial charge on any atom is 0.159 e. The van der Waals surface area contributed by atoms with E-state index in [4.69, 9.17) is 16.7 Å². The van der Waals surface area contributed by atoms with Crippen LogP contribution >= 0.6 is 11.6 Å². The molecule has 0 amide bonds. The maximum absolute atomic E-state index is 13.7. The summed E-state index contributed by atoms with van der Waals surface area (Å²) in [6.07, 6.45) is 0.228. The van der Waals surface area contributed by atoms with Gasteiger partial charge < -0.3 is 0 Å². The Morgan fingerprint density at radius 3 is 2.33 bits per heavy atom. The molecule has 0 aliphatic heterocycles. The van der Waals surface area contributed by atoms with Crippen LogP contribution in [0.3, 0.4) is 0 Å². The number of benzene rings is 3. The molecule has 1 aromatic heterocycles. The van der Waals surface area contributed by atoms with Crippen molar-refractivity contribution in [3.8, 4) is 23.0 Å². The summed E-state index contributed by atoms with van der Waals surface area (Å²) in [5.74, 6) is -2.45. The molecule has 148 valence electrons. The Morgan fingerprint density at radius 1 is 0.933 bits per heavy atom. The molecule has 0 aliphatic rings. The van der Waals surface area contributed by atoms with Crippen LogP contribution in [0.1, 0.15) is 17.2 Å². The van der Waals surface area contributed by atoms with Crippen LogP contribution in [-0.4, -0.2) is 9.78 Å². The average molecular weight is 420 g/mol. The molecule has 0 fully saturated rings. The average Bonchev–Trinajstić information content (AvgIpc) is 3.21. The lowest BCUT2D eigenvalue weighted by atomic mass is 9.96. The Labute approximate surface area is 177 Å². The molecule has 0 saturated heterocycles. The normalized spacial score (nSPS) is 11.8. The first-order chi connectivity index (χ1) is 14.5. The summed E-state index contributed by atoms with van der Waals surface area (Å²) in [5, 5.41) is 15.2. The Morgan fingerprint density at radius 2 is 1.67 bits per heavy atom. The topological polar surface area (TPSA) is 41.6 Å². The van der Waals surface area contributed by atoms with Gasteiger partial charge in [0.05, 0.1) is 29.1 Å². The number of aromatic nitrogens is 2. The molecule has 0 aliphatic carbocycles. The van der Waals surface area contributed by atoms with E-state index in [1.807, 2.05) is 48.5 Å². The zero-order valence-corrected chi connectivity index (χ0v) is 16.5. The fraction of sp³-hybridized carbons (Fsp3) is 0.0833. The number of hydrogen-bond donors (Lipinski definition) is 0. The fourth-order valence-corrected chi connectivity index (χ4v) is 3.43. The molecule has 0 bridgehead atoms. The molecule has 1 heterocycles. The number of nitrogens with zero attached hydrogens (tertiary/aromatic N) is 3. The summed E-state index contributed by atoms with van der Waals surface area (Å²) in [4.78, 5) is 0. The van der Waals surface area contributed by atoms with Crippen molar-refractivity contribution in [2.24, 2.45) is 0 Å². The maximum atomic E-state index is 13.7. The Hall–Kier alpha value is -3.49. The van der Waals surface area contributed by atoms with E-state index >= 15 is 0 Å². The van der Waals surface area contributed by atoms with Gasteiger partial charge in [0, 0.05) is 10.6 Å². The number of halogens is 3. The minimum atomic E-state index is -0.928. The largest absolute Gasteiger partial charge is 0.236 e. The van der Waals surface area contributed by atoms with E-state index in [0.29, 0.717) is 22.0 Å². The molecule has 6 heteroatoms. The second-order valence-corrected chi connectivity index (χ2v) is 7.28. The predicted molar refractivity (Wildman–Crippen MR) is 112 cm³/mol. The molecule has 30 heavy (non-hydrogen) atoms. The molecule has 0 saturated carbocycles. The van der Waals surface area contributed by atoms with Gasteiger partial charge in [-0.15, -0.1) is 0 Å². The second kappa shape index (κ2) is 8.48. The molecule has 1 unspecified atom stereocenters. The van der Waals surface area contributed by atoms with Crippen molar-refractivity contribution in [2.75, 3.05) is 0 Å². The van der Waals surface area contributed by atoms with Gasteiger partial charge in [-0.1, -0.05) is 48.0 Å². The van der Waals surface area contributed by atoms with E-state index in [1.165, 1.54) is 6.07 Å². The molecule has 4 aromatic rings. The first kappa shape index (κ1) is 19.8. The monoisotopic (exact) mass is 419 g/mol. The number of para-hydroxylation sites is 1. The highest BCUT2D eigenvalue weighted by Gasteiger charge is 2.21. The van der Waals surface area contributed by atoms with Gasteiger partial charge in [0.1, 0.15) is 0 Å². The quantitative estimate of drug-likeness (QED) is 0.379. The first-order valence-corrected chi connectivity index (χ1v) is 9.68. The molecular formula is C24H16ClF2N3. The lowest BCUT2D eigenvalue weighted by Gasteiger charge is -2.12. The number of hydrogen-bond acceptors (Lipinski definition) is 2. The lowest BCUT2D eigenvalue weighted by Crippen LogP contribution is -2.09. The van der Waals surface area contributed by atoms with Crippen molar-refractivity contribution in [2.45, 2.75) is 12.3 Å². The number of rotatable bonds is 5. The molecule has 4 rings (SSSR count). The molecule has 3 aromatic carbocycles. The Balaban J connectivity index is 1.78. The van der Waals surface area contributed by atoms with Crippen LogP contribution < -0.4 is 0 Å². The van der Waals surface area contributed by atoms with E-state index in [1.54, 1.807) is 16.8 Å². The minimum absolute atomic E-state index is 0.228. The van der Waals surface area contributed by atoms with Crippen molar-refractivity contribution in [3.05, 3.63) is 107 Å². The van der Waals surface area contributed by atoms with Crippen LogP contribution in [0.2, 0.25) is 5.02 Å². The van der Waals surface area contributed by atoms with Crippen LogP contribution in [0.5, 0.6) is 0 Å². The molecule has 1 atom stereocenters. The Kier molecular flexibility index (Phi) is 5.60. The molecular weight excluding hydrogens is 404 g/mol. The third-order valence-electron chi connectivity index (χ3n) is 4.81. The standard InChI is InChI=1S/C24H16ClF2N3/c25-19-9-7-17(8-10-19)23-14-24(30(29-23)20-4-2-1-3-5-20)18(15-28)12-16-6-11-21(26)22(27)13-16/h1-11,13-14,18H,12H2. The van der Waals surface area contributed by atoms with Gasteiger partial charge in [-0.2, -0.15) is 10.4 Å². The molecule has 0 radical (unpaired) electrons. The van der Waals surface area contributed by atoms with Crippen molar-refractivity contribution in [1.29, 1.82) is 5.26 Å². The van der Waals surface area contributed by atoms with Crippen molar-refractivity contribution < 1.29 is 8.78 Å². The van der Waals surface area contributed by atoms with Crippen LogP contribution in [0.15, 0.2) is 78.9 Å². The first-order valence-electron chi connectivity index (χ1n) is 9.30. The minimum Gasteiger partial charge on any atom is -0.236 e. The second-order valence-electron chi connectivity index (χ2n) is 6.84. The fourth-order valence-electron chi connectivity index (χ4n) is 3.30. The molecule has 0 spiro atoms. The predicted octanol–water partition coefficient (Wildman–Crippen LogP) is 6.32. The van der Waals surface area contributed by atoms with Crippen molar-refractivity contribution in [3.63, 3.8) is 0 Å². The van der Waals surface area contributed by atoms with Gasteiger partial charge in [-0.25, -0.2) is 13.5 Å². The van der Waals surface area contributed by atoms with Gasteiger partial charge in [0.25, 0.3) is 0 Å². The smallest absolute Gasteiger partial charge is 0.159 e. The van der Waals surface area contributed by atoms with Crippen LogP contribution in [0, 0.1) is 23.0 Å². The zero-order chi connectivity index (χ0) is 21.1. The highest BCUT2D eigenvalue weighted by Crippen LogP contribution is 2.29. The summed E-state index contributed by atoms with van der Waals surface area (Å²) in [5.41, 5.74) is 3.56. The van der Waals surface area contributed by atoms with Crippen LogP contribution in [0.25, 0.3) is 16.9 Å². The lowest BCUT2D eigenvalue weighted by molar-refractivity contribution is 0.506.